The van der Waals surface area contributed by atoms with Crippen LogP contribution in [0, 0.1) is 38.9 Å². The number of hydrogen-bond acceptors (Lipinski definition) is 3. The summed E-state index contributed by atoms with van der Waals surface area (Å²) in [5.74, 6) is 1.41. The molecule has 5 rings (SSSR count). The SMILES string of the molecule is CC(C)=CCC[C@@H](C)[C@H]1CC[C@@]2(C)C3=C(CC[C@]12C)[C@@]1(C)CC[C@H](OC(=O)c2ccccc2N(C)C)C(C)(C)[C@]1(C)CC3. The molecule has 3 nitrogen and oxygen atoms in total. The lowest BCUT2D eigenvalue weighted by molar-refractivity contribution is -0.160. The minimum absolute atomic E-state index is 0.0723. The van der Waals surface area contributed by atoms with E-state index in [4.69, 9.17) is 4.74 Å². The van der Waals surface area contributed by atoms with Crippen molar-refractivity contribution in [2.75, 3.05) is 19.0 Å². The number of ether oxygens (including phenoxy) is 1. The molecule has 7 atom stereocenters. The van der Waals surface area contributed by atoms with Gasteiger partial charge in [-0.3, -0.25) is 0 Å². The summed E-state index contributed by atoms with van der Waals surface area (Å²) in [5.41, 5.74) is 7.47. The molecule has 0 bridgehead atoms. The lowest BCUT2D eigenvalue weighted by Gasteiger charge is -2.67. The van der Waals surface area contributed by atoms with Crippen LogP contribution in [0.15, 0.2) is 47.1 Å². The van der Waals surface area contributed by atoms with Gasteiger partial charge in [0.05, 0.1) is 11.3 Å². The Morgan fingerprint density at radius 3 is 2.23 bits per heavy atom. The molecule has 0 aromatic heterocycles. The first-order valence-corrected chi connectivity index (χ1v) is 17.4. The molecule has 2 saturated carbocycles. The van der Waals surface area contributed by atoms with E-state index < -0.39 is 0 Å². The normalized spacial score (nSPS) is 37.1. The summed E-state index contributed by atoms with van der Waals surface area (Å²) in [5, 5.41) is 0. The van der Waals surface area contributed by atoms with Crippen molar-refractivity contribution >= 4 is 11.7 Å². The molecule has 0 unspecified atom stereocenters. The number of carbonyl (C=O) groups excluding carboxylic acids is 1. The Labute approximate surface area is 263 Å². The second-order valence-corrected chi connectivity index (χ2v) is 16.9. The van der Waals surface area contributed by atoms with E-state index in [0.29, 0.717) is 16.4 Å². The quantitative estimate of drug-likeness (QED) is 0.235. The summed E-state index contributed by atoms with van der Waals surface area (Å²) >= 11 is 0. The van der Waals surface area contributed by atoms with Crippen LogP contribution in [0.3, 0.4) is 0 Å². The zero-order chi connectivity index (χ0) is 31.6. The molecular weight excluding hydrogens is 526 g/mol. The van der Waals surface area contributed by atoms with Gasteiger partial charge < -0.3 is 9.64 Å². The van der Waals surface area contributed by atoms with Crippen LogP contribution in [0.25, 0.3) is 0 Å². The third kappa shape index (κ3) is 4.77. The first kappa shape index (κ1) is 32.4. The van der Waals surface area contributed by atoms with Gasteiger partial charge in [0.25, 0.3) is 0 Å². The van der Waals surface area contributed by atoms with E-state index in [1.54, 1.807) is 5.57 Å². The first-order valence-electron chi connectivity index (χ1n) is 17.4. The highest BCUT2D eigenvalue weighted by Crippen LogP contribution is 2.75. The van der Waals surface area contributed by atoms with Gasteiger partial charge in [-0.2, -0.15) is 0 Å². The molecule has 0 radical (unpaired) electrons. The van der Waals surface area contributed by atoms with E-state index in [9.17, 15) is 4.79 Å². The lowest BCUT2D eigenvalue weighted by atomic mass is 9.38. The van der Waals surface area contributed by atoms with Gasteiger partial charge in [-0.15, -0.1) is 0 Å². The number of carbonyl (C=O) groups is 1. The maximum absolute atomic E-state index is 13.6. The predicted molar refractivity (Wildman–Crippen MR) is 181 cm³/mol. The minimum Gasteiger partial charge on any atom is -0.458 e. The van der Waals surface area contributed by atoms with E-state index in [1.165, 1.54) is 56.9 Å². The molecule has 0 amide bonds. The third-order valence-corrected chi connectivity index (χ3v) is 14.6. The molecule has 0 heterocycles. The van der Waals surface area contributed by atoms with Gasteiger partial charge in [0.15, 0.2) is 0 Å². The maximum atomic E-state index is 13.6. The Bertz CT molecular complexity index is 1300. The number of esters is 1. The highest BCUT2D eigenvalue weighted by Gasteiger charge is 2.67. The van der Waals surface area contributed by atoms with Gasteiger partial charge in [0.2, 0.25) is 0 Å². The van der Waals surface area contributed by atoms with Gasteiger partial charge in [-0.05, 0) is 124 Å². The van der Waals surface area contributed by atoms with Crippen molar-refractivity contribution in [1.29, 1.82) is 0 Å². The second kappa shape index (κ2) is 11.1. The fourth-order valence-electron chi connectivity index (χ4n) is 11.1. The van der Waals surface area contributed by atoms with Crippen LogP contribution in [0.1, 0.15) is 137 Å². The molecule has 4 aliphatic rings. The standard InChI is InChI=1S/C40H61NO2/c1-27(2)15-14-16-28(3)30-19-23-38(7)31-21-26-40(9)36(4,5)34(22-25-39(40,8)32(31)20-24-37(30,38)6)43-35(42)29-17-12-13-18-33(29)41(10)11/h12-13,15,17-18,28,30,34H,14,16,19-26H2,1-11H3/t28-,30-,34+,37-,38+,39-,40+/m1/s1. The topological polar surface area (TPSA) is 29.5 Å². The van der Waals surface area contributed by atoms with Gasteiger partial charge in [0.1, 0.15) is 6.10 Å². The summed E-state index contributed by atoms with van der Waals surface area (Å²) in [6, 6.07) is 7.85. The fraction of sp³-hybridized carbons (Fsp3) is 0.725. The van der Waals surface area contributed by atoms with Gasteiger partial charge in [0, 0.05) is 19.5 Å². The van der Waals surface area contributed by atoms with Gasteiger partial charge in [-0.25, -0.2) is 4.79 Å². The largest absolute Gasteiger partial charge is 0.458 e. The first-order chi connectivity index (χ1) is 20.0. The molecule has 0 saturated heterocycles. The van der Waals surface area contributed by atoms with E-state index in [2.05, 4.69) is 68.4 Å². The highest BCUT2D eigenvalue weighted by atomic mass is 16.5. The van der Waals surface area contributed by atoms with Crippen molar-refractivity contribution in [3.05, 3.63) is 52.6 Å². The smallest absolute Gasteiger partial charge is 0.340 e. The molecule has 0 spiro atoms. The van der Waals surface area contributed by atoms with Crippen LogP contribution >= 0.6 is 0 Å². The number of anilines is 1. The molecule has 1 aromatic carbocycles. The van der Waals surface area contributed by atoms with Crippen molar-refractivity contribution in [2.45, 2.75) is 133 Å². The van der Waals surface area contributed by atoms with Crippen molar-refractivity contribution in [3.8, 4) is 0 Å². The molecule has 1 aromatic rings. The van der Waals surface area contributed by atoms with Crippen LogP contribution in [-0.2, 0) is 4.74 Å². The Kier molecular flexibility index (Phi) is 8.35. The number of nitrogens with zero attached hydrogens (tertiary/aromatic N) is 1. The van der Waals surface area contributed by atoms with Crippen LogP contribution in [0.5, 0.6) is 0 Å². The summed E-state index contributed by atoms with van der Waals surface area (Å²) in [4.78, 5) is 15.6. The van der Waals surface area contributed by atoms with E-state index in [0.717, 1.165) is 30.4 Å². The number of benzene rings is 1. The fourth-order valence-corrected chi connectivity index (χ4v) is 11.1. The molecule has 43 heavy (non-hydrogen) atoms. The summed E-state index contributed by atoms with van der Waals surface area (Å²) in [7, 11) is 3.98. The maximum Gasteiger partial charge on any atom is 0.340 e. The molecule has 0 N–H and O–H groups in total. The molecular formula is C40H61NO2. The van der Waals surface area contributed by atoms with E-state index in [1.807, 2.05) is 48.8 Å². The molecule has 4 aliphatic carbocycles. The number of rotatable bonds is 7. The molecule has 238 valence electrons. The minimum atomic E-state index is -0.179. The molecule has 2 fully saturated rings. The van der Waals surface area contributed by atoms with Crippen LogP contribution < -0.4 is 4.90 Å². The van der Waals surface area contributed by atoms with Crippen molar-refractivity contribution in [1.82, 2.24) is 0 Å². The van der Waals surface area contributed by atoms with E-state index in [-0.39, 0.29) is 28.3 Å². The molecule has 0 aliphatic heterocycles. The number of para-hydroxylation sites is 1. The third-order valence-electron chi connectivity index (χ3n) is 14.6. The zero-order valence-electron chi connectivity index (χ0n) is 29.5. The Morgan fingerprint density at radius 2 is 1.56 bits per heavy atom. The Balaban J connectivity index is 1.42. The summed E-state index contributed by atoms with van der Waals surface area (Å²) in [6.07, 6.45) is 14.6. The number of allylic oxidation sites excluding steroid dienone is 4. The average molecular weight is 588 g/mol. The van der Waals surface area contributed by atoms with Crippen LogP contribution in [0.2, 0.25) is 0 Å². The summed E-state index contributed by atoms with van der Waals surface area (Å²) < 4.78 is 6.49. The van der Waals surface area contributed by atoms with E-state index >= 15 is 0 Å². The monoisotopic (exact) mass is 587 g/mol. The zero-order valence-corrected chi connectivity index (χ0v) is 29.5. The second-order valence-electron chi connectivity index (χ2n) is 16.9. The van der Waals surface area contributed by atoms with Crippen LogP contribution in [0.4, 0.5) is 5.69 Å². The van der Waals surface area contributed by atoms with Gasteiger partial charge in [-0.1, -0.05) is 83.4 Å². The lowest BCUT2D eigenvalue weighted by Crippen LogP contribution is -2.61. The number of fused-ring (bicyclic) bond motifs is 4. The van der Waals surface area contributed by atoms with Gasteiger partial charge >= 0.3 is 5.97 Å². The average Bonchev–Trinajstić information content (AvgIpc) is 3.22. The Hall–Kier alpha value is -2.03. The van der Waals surface area contributed by atoms with Crippen LogP contribution in [-0.4, -0.2) is 26.2 Å². The van der Waals surface area contributed by atoms with Crippen molar-refractivity contribution in [2.24, 2.45) is 38.9 Å². The van der Waals surface area contributed by atoms with Crippen molar-refractivity contribution < 1.29 is 9.53 Å². The predicted octanol–water partition coefficient (Wildman–Crippen LogP) is 10.8. The van der Waals surface area contributed by atoms with Crippen molar-refractivity contribution in [3.63, 3.8) is 0 Å². The highest BCUT2D eigenvalue weighted by molar-refractivity contribution is 5.96. The Morgan fingerprint density at radius 1 is 0.930 bits per heavy atom. The summed E-state index contributed by atoms with van der Waals surface area (Å²) in [6.45, 7) is 22.3. The number of hydrogen-bond donors (Lipinski definition) is 0. The molecule has 3 heteroatoms.